The van der Waals surface area contributed by atoms with Gasteiger partial charge >= 0.3 is 0 Å². The van der Waals surface area contributed by atoms with E-state index >= 15 is 0 Å². The Morgan fingerprint density at radius 3 is 2.02 bits per heavy atom. The molecule has 3 nitrogen and oxygen atoms in total. The minimum Gasteiger partial charge on any atom is -0.454 e. The minimum atomic E-state index is 0.819. The molecule has 2 heterocycles. The summed E-state index contributed by atoms with van der Waals surface area (Å²) in [5.41, 5.74) is 10.5. The molecule has 8 aromatic carbocycles. The molecule has 0 aliphatic carbocycles. The van der Waals surface area contributed by atoms with Crippen molar-refractivity contribution < 1.29 is 4.42 Å². The molecule has 0 saturated carbocycles. The minimum absolute atomic E-state index is 0.819. The van der Waals surface area contributed by atoms with Gasteiger partial charge < -0.3 is 9.32 Å². The van der Waals surface area contributed by atoms with Gasteiger partial charge in [-0.3, -0.25) is 4.98 Å². The van der Waals surface area contributed by atoms with Crippen LogP contribution in [0.15, 0.2) is 187 Å². The van der Waals surface area contributed by atoms with Crippen LogP contribution in [-0.4, -0.2) is 4.98 Å². The quantitative estimate of drug-likeness (QED) is 0.188. The monoisotopic (exact) mass is 638 g/mol. The van der Waals surface area contributed by atoms with Gasteiger partial charge in [0.15, 0.2) is 5.58 Å². The summed E-state index contributed by atoms with van der Waals surface area (Å²) in [5, 5.41) is 8.15. The maximum Gasteiger partial charge on any atom is 0.161 e. The topological polar surface area (TPSA) is 29.3 Å². The van der Waals surface area contributed by atoms with Crippen molar-refractivity contribution in [3.05, 3.63) is 182 Å². The fourth-order valence-electron chi connectivity index (χ4n) is 7.41. The van der Waals surface area contributed by atoms with E-state index in [0.29, 0.717) is 0 Å². The predicted octanol–water partition coefficient (Wildman–Crippen LogP) is 13.2. The summed E-state index contributed by atoms with van der Waals surface area (Å²) in [6.07, 6.45) is 1.83. The molecular weight excluding hydrogens is 609 g/mol. The number of fused-ring (bicyclic) bond motifs is 7. The van der Waals surface area contributed by atoms with Gasteiger partial charge in [0.25, 0.3) is 0 Å². The van der Waals surface area contributed by atoms with Crippen LogP contribution in [0.4, 0.5) is 17.1 Å². The van der Waals surface area contributed by atoms with Crippen molar-refractivity contribution in [1.29, 1.82) is 0 Å². The molecule has 10 rings (SSSR count). The van der Waals surface area contributed by atoms with E-state index < -0.39 is 0 Å². The zero-order chi connectivity index (χ0) is 33.0. The molecule has 10 aromatic rings. The van der Waals surface area contributed by atoms with Gasteiger partial charge in [0.1, 0.15) is 11.1 Å². The number of furan rings is 1. The second-order valence-corrected chi connectivity index (χ2v) is 12.8. The average Bonchev–Trinajstić information content (AvgIpc) is 3.57. The van der Waals surface area contributed by atoms with Gasteiger partial charge in [-0.05, 0) is 104 Å². The Morgan fingerprint density at radius 1 is 0.400 bits per heavy atom. The van der Waals surface area contributed by atoms with Gasteiger partial charge in [0.2, 0.25) is 0 Å². The SMILES string of the molecule is c1cc(-c2ccc3ccccc3c2)cc(N(c2ccc(-c3cccc4ccccc34)cc2)c2ccc3oc4c(ccc5cccnc54)c3c2)c1. The largest absolute Gasteiger partial charge is 0.454 e. The van der Waals surface area contributed by atoms with E-state index in [9.17, 15) is 0 Å². The zero-order valence-electron chi connectivity index (χ0n) is 27.1. The number of rotatable bonds is 5. The first kappa shape index (κ1) is 28.3. The standard InChI is InChI=1S/C47H30N2O/c1-2-10-35-28-37(18-17-31(35)8-1)36-12-5-14-39(29-36)49(38-22-19-33(20-23-38)42-16-6-11-32-9-3-4-15-41(32)42)40-24-26-45-44(30-40)43-25-21-34-13-7-27-48-46(34)47(43)50-45/h1-30H. The van der Waals surface area contributed by atoms with Gasteiger partial charge in [-0.25, -0.2) is 0 Å². The van der Waals surface area contributed by atoms with Gasteiger partial charge in [-0.2, -0.15) is 0 Å². The van der Waals surface area contributed by atoms with Crippen LogP contribution in [0.5, 0.6) is 0 Å². The third kappa shape index (κ3) is 4.71. The van der Waals surface area contributed by atoms with E-state index in [2.05, 4.69) is 180 Å². The summed E-state index contributed by atoms with van der Waals surface area (Å²) in [7, 11) is 0. The Balaban J connectivity index is 1.14. The van der Waals surface area contributed by atoms with Crippen molar-refractivity contribution in [3.63, 3.8) is 0 Å². The number of hydrogen-bond acceptors (Lipinski definition) is 3. The van der Waals surface area contributed by atoms with Crippen molar-refractivity contribution in [1.82, 2.24) is 4.98 Å². The molecule has 0 saturated heterocycles. The predicted molar refractivity (Wildman–Crippen MR) is 210 cm³/mol. The van der Waals surface area contributed by atoms with Crippen molar-refractivity contribution in [3.8, 4) is 22.3 Å². The van der Waals surface area contributed by atoms with E-state index in [1.54, 1.807) is 0 Å². The molecule has 0 aliphatic rings. The molecule has 234 valence electrons. The highest BCUT2D eigenvalue weighted by Gasteiger charge is 2.18. The van der Waals surface area contributed by atoms with E-state index in [1.165, 1.54) is 38.2 Å². The molecule has 0 spiro atoms. The van der Waals surface area contributed by atoms with Crippen molar-refractivity contribution in [2.24, 2.45) is 0 Å². The van der Waals surface area contributed by atoms with Gasteiger partial charge in [-0.1, -0.05) is 115 Å². The number of nitrogens with zero attached hydrogens (tertiary/aromatic N) is 2. The molecule has 0 unspecified atom stereocenters. The lowest BCUT2D eigenvalue weighted by Crippen LogP contribution is -2.10. The van der Waals surface area contributed by atoms with Crippen molar-refractivity contribution in [2.45, 2.75) is 0 Å². The Labute approximate surface area is 289 Å². The first-order chi connectivity index (χ1) is 24.8. The van der Waals surface area contributed by atoms with Crippen molar-refractivity contribution >= 4 is 71.4 Å². The Hall–Kier alpha value is -6.71. The summed E-state index contributed by atoms with van der Waals surface area (Å²) >= 11 is 0. The van der Waals surface area contributed by atoms with Crippen LogP contribution in [0.25, 0.3) is 76.6 Å². The molecule has 50 heavy (non-hydrogen) atoms. The molecule has 0 atom stereocenters. The lowest BCUT2D eigenvalue weighted by Gasteiger charge is -2.26. The smallest absolute Gasteiger partial charge is 0.161 e. The molecule has 3 heteroatoms. The molecular formula is C47H30N2O. The van der Waals surface area contributed by atoms with Gasteiger partial charge in [0, 0.05) is 39.4 Å². The molecule has 0 N–H and O–H groups in total. The second kappa shape index (κ2) is 11.5. The second-order valence-electron chi connectivity index (χ2n) is 12.8. The summed E-state index contributed by atoms with van der Waals surface area (Å²) in [6, 6.07) is 62.9. The summed E-state index contributed by atoms with van der Waals surface area (Å²) in [6.45, 7) is 0. The average molecular weight is 639 g/mol. The third-order valence-electron chi connectivity index (χ3n) is 9.87. The molecule has 0 fully saturated rings. The third-order valence-corrected chi connectivity index (χ3v) is 9.87. The Morgan fingerprint density at radius 2 is 1.10 bits per heavy atom. The van der Waals surface area contributed by atoms with Crippen LogP contribution in [0.3, 0.4) is 0 Å². The number of pyridine rings is 1. The van der Waals surface area contributed by atoms with Crippen molar-refractivity contribution in [2.75, 3.05) is 4.90 Å². The molecule has 0 aliphatic heterocycles. The summed E-state index contributed by atoms with van der Waals surface area (Å²) in [4.78, 5) is 7.00. The highest BCUT2D eigenvalue weighted by molar-refractivity contribution is 6.14. The van der Waals surface area contributed by atoms with E-state index in [1.807, 2.05) is 12.3 Å². The first-order valence-electron chi connectivity index (χ1n) is 16.9. The van der Waals surface area contributed by atoms with E-state index in [-0.39, 0.29) is 0 Å². The number of anilines is 3. The molecule has 0 radical (unpaired) electrons. The van der Waals surface area contributed by atoms with Crippen LogP contribution in [0.2, 0.25) is 0 Å². The van der Waals surface area contributed by atoms with Crippen LogP contribution < -0.4 is 4.90 Å². The normalized spacial score (nSPS) is 11.6. The summed E-state index contributed by atoms with van der Waals surface area (Å²) in [5.74, 6) is 0. The van der Waals surface area contributed by atoms with Gasteiger partial charge in [0.05, 0.1) is 0 Å². The maximum absolute atomic E-state index is 6.44. The maximum atomic E-state index is 6.44. The molecule has 2 aromatic heterocycles. The lowest BCUT2D eigenvalue weighted by molar-refractivity contribution is 0.671. The highest BCUT2D eigenvalue weighted by atomic mass is 16.3. The van der Waals surface area contributed by atoms with Gasteiger partial charge in [-0.15, -0.1) is 0 Å². The van der Waals surface area contributed by atoms with Crippen LogP contribution in [-0.2, 0) is 0 Å². The molecule has 0 amide bonds. The number of benzene rings is 8. The lowest BCUT2D eigenvalue weighted by atomic mass is 9.98. The Kier molecular flexibility index (Phi) is 6.49. The highest BCUT2D eigenvalue weighted by Crippen LogP contribution is 2.42. The summed E-state index contributed by atoms with van der Waals surface area (Å²) < 4.78 is 6.44. The van der Waals surface area contributed by atoms with E-state index in [0.717, 1.165) is 55.5 Å². The number of hydrogen-bond donors (Lipinski definition) is 0. The van der Waals surface area contributed by atoms with Crippen LogP contribution in [0, 0.1) is 0 Å². The Bertz CT molecular complexity index is 2880. The van der Waals surface area contributed by atoms with Crippen LogP contribution >= 0.6 is 0 Å². The first-order valence-corrected chi connectivity index (χ1v) is 16.9. The fourth-order valence-corrected chi connectivity index (χ4v) is 7.41. The zero-order valence-corrected chi connectivity index (χ0v) is 27.1. The van der Waals surface area contributed by atoms with Crippen LogP contribution in [0.1, 0.15) is 0 Å². The number of aromatic nitrogens is 1. The molecule has 0 bridgehead atoms. The fraction of sp³-hybridized carbons (Fsp3) is 0. The van der Waals surface area contributed by atoms with E-state index in [4.69, 9.17) is 4.42 Å².